The molecule has 0 spiro atoms. The first-order chi connectivity index (χ1) is 13.3. The van der Waals surface area contributed by atoms with Gasteiger partial charge in [0.2, 0.25) is 0 Å². The lowest BCUT2D eigenvalue weighted by Crippen LogP contribution is -2.48. The molecule has 5 nitrogen and oxygen atoms in total. The molecule has 0 atom stereocenters. The first-order valence-corrected chi connectivity index (χ1v) is 10.6. The Kier molecular flexibility index (Phi) is 9.91. The van der Waals surface area contributed by atoms with Gasteiger partial charge in [-0.25, -0.2) is 0 Å². The molecule has 28 heavy (non-hydrogen) atoms. The van der Waals surface area contributed by atoms with Crippen LogP contribution in [0.15, 0.2) is 46.8 Å². The maximum absolute atomic E-state index is 5.43. The van der Waals surface area contributed by atoms with Gasteiger partial charge >= 0.3 is 0 Å². The second kappa shape index (κ2) is 12.2. The quantitative estimate of drug-likeness (QED) is 0.331. The molecular formula is C21H31IN4OS. The highest BCUT2D eigenvalue weighted by Gasteiger charge is 2.20. The normalized spacial score (nSPS) is 15.1. The molecule has 0 radical (unpaired) electrons. The predicted octanol–water partition coefficient (Wildman–Crippen LogP) is 4.14. The number of hydrogen-bond donors (Lipinski definition) is 2. The van der Waals surface area contributed by atoms with E-state index in [1.54, 1.807) is 7.11 Å². The molecule has 1 aliphatic rings. The van der Waals surface area contributed by atoms with E-state index < -0.39 is 0 Å². The van der Waals surface area contributed by atoms with Gasteiger partial charge in [-0.2, -0.15) is 0 Å². The summed E-state index contributed by atoms with van der Waals surface area (Å²) in [5.74, 6) is 1.86. The van der Waals surface area contributed by atoms with Gasteiger partial charge in [0.05, 0.1) is 12.1 Å². The molecular weight excluding hydrogens is 483 g/mol. The first kappa shape index (κ1) is 22.8. The van der Waals surface area contributed by atoms with Crippen LogP contribution in [0.5, 0.6) is 5.75 Å². The molecule has 154 valence electrons. The lowest BCUT2D eigenvalue weighted by molar-refractivity contribution is 0.409. The number of nitrogens with one attached hydrogen (secondary N) is 2. The number of piperidine rings is 1. The van der Waals surface area contributed by atoms with Crippen molar-refractivity contribution in [2.24, 2.45) is 4.99 Å². The summed E-state index contributed by atoms with van der Waals surface area (Å²) in [6.45, 7) is 5.91. The maximum Gasteiger partial charge on any atom is 0.191 e. The molecule has 1 aliphatic heterocycles. The van der Waals surface area contributed by atoms with Crippen LogP contribution >= 0.6 is 35.3 Å². The highest BCUT2D eigenvalue weighted by atomic mass is 127. The highest BCUT2D eigenvalue weighted by Crippen LogP contribution is 2.24. The zero-order valence-electron chi connectivity index (χ0n) is 16.7. The number of thiophene rings is 1. The van der Waals surface area contributed by atoms with Crippen LogP contribution in [0, 0.1) is 0 Å². The minimum absolute atomic E-state index is 0. The molecule has 0 saturated carbocycles. The van der Waals surface area contributed by atoms with E-state index in [0.29, 0.717) is 6.04 Å². The van der Waals surface area contributed by atoms with Gasteiger partial charge in [-0.1, -0.05) is 18.2 Å². The number of hydrogen-bond acceptors (Lipinski definition) is 4. The standard InChI is InChI=1S/C21H30N4OS.HI/c1-3-22-21(23-13-10-17-7-4-5-8-19(17)26-2)24-18-11-14-25(15-12-18)20-9-6-16-27-20;/h4-9,16,18H,3,10-15H2,1-2H3,(H2,22,23,24);1H. The smallest absolute Gasteiger partial charge is 0.191 e. The minimum Gasteiger partial charge on any atom is -0.496 e. The van der Waals surface area contributed by atoms with Gasteiger partial charge < -0.3 is 20.3 Å². The summed E-state index contributed by atoms with van der Waals surface area (Å²) < 4.78 is 5.43. The Morgan fingerprint density at radius 2 is 2.00 bits per heavy atom. The van der Waals surface area contributed by atoms with Crippen molar-refractivity contribution in [3.8, 4) is 5.75 Å². The summed E-state index contributed by atoms with van der Waals surface area (Å²) in [7, 11) is 1.72. The van der Waals surface area contributed by atoms with Crippen LogP contribution in [0.25, 0.3) is 0 Å². The molecule has 3 rings (SSSR count). The number of aliphatic imine (C=N–C) groups is 1. The van der Waals surface area contributed by atoms with E-state index in [1.807, 2.05) is 29.5 Å². The predicted molar refractivity (Wildman–Crippen MR) is 131 cm³/mol. The van der Waals surface area contributed by atoms with Crippen LogP contribution in [0.4, 0.5) is 5.00 Å². The zero-order chi connectivity index (χ0) is 18.9. The molecule has 1 aromatic carbocycles. The van der Waals surface area contributed by atoms with E-state index in [1.165, 1.54) is 10.6 Å². The van der Waals surface area contributed by atoms with Gasteiger partial charge in [0.15, 0.2) is 5.96 Å². The van der Waals surface area contributed by atoms with Gasteiger partial charge in [0.1, 0.15) is 5.75 Å². The molecule has 1 fully saturated rings. The Balaban J connectivity index is 0.00000280. The van der Waals surface area contributed by atoms with Crippen molar-refractivity contribution in [3.63, 3.8) is 0 Å². The number of benzene rings is 1. The second-order valence-electron chi connectivity index (χ2n) is 6.68. The van der Waals surface area contributed by atoms with Crippen LogP contribution in [-0.4, -0.2) is 45.3 Å². The van der Waals surface area contributed by atoms with Crippen molar-refractivity contribution in [2.75, 3.05) is 38.2 Å². The van der Waals surface area contributed by atoms with Crippen molar-refractivity contribution in [1.82, 2.24) is 10.6 Å². The fraction of sp³-hybridized carbons (Fsp3) is 0.476. The van der Waals surface area contributed by atoms with Crippen molar-refractivity contribution in [3.05, 3.63) is 47.3 Å². The molecule has 2 N–H and O–H groups in total. The van der Waals surface area contributed by atoms with E-state index in [0.717, 1.165) is 57.2 Å². The van der Waals surface area contributed by atoms with Crippen molar-refractivity contribution in [2.45, 2.75) is 32.2 Å². The monoisotopic (exact) mass is 514 g/mol. The summed E-state index contributed by atoms with van der Waals surface area (Å²) in [5, 5.41) is 10.5. The number of para-hydroxylation sites is 1. The number of anilines is 1. The van der Waals surface area contributed by atoms with E-state index in [9.17, 15) is 0 Å². The summed E-state index contributed by atoms with van der Waals surface area (Å²) in [6.07, 6.45) is 3.14. The lowest BCUT2D eigenvalue weighted by Gasteiger charge is -2.33. The largest absolute Gasteiger partial charge is 0.496 e. The van der Waals surface area contributed by atoms with Crippen molar-refractivity contribution in [1.29, 1.82) is 0 Å². The zero-order valence-corrected chi connectivity index (χ0v) is 19.8. The molecule has 0 amide bonds. The van der Waals surface area contributed by atoms with Crippen LogP contribution in [0.2, 0.25) is 0 Å². The number of nitrogens with zero attached hydrogens (tertiary/aromatic N) is 2. The Morgan fingerprint density at radius 3 is 2.68 bits per heavy atom. The summed E-state index contributed by atoms with van der Waals surface area (Å²) >= 11 is 1.82. The third-order valence-electron chi connectivity index (χ3n) is 4.84. The SMILES string of the molecule is CCNC(=NCCc1ccccc1OC)NC1CCN(c2cccs2)CC1.I. The van der Waals surface area contributed by atoms with Gasteiger partial charge in [-0.3, -0.25) is 4.99 Å². The third-order valence-corrected chi connectivity index (χ3v) is 5.77. The Morgan fingerprint density at radius 1 is 1.21 bits per heavy atom. The number of halogens is 1. The first-order valence-electron chi connectivity index (χ1n) is 9.75. The molecule has 2 aromatic rings. The van der Waals surface area contributed by atoms with Gasteiger partial charge in [0.25, 0.3) is 0 Å². The Hall–Kier alpha value is -1.48. The number of rotatable bonds is 7. The fourth-order valence-electron chi connectivity index (χ4n) is 3.41. The fourth-order valence-corrected chi connectivity index (χ4v) is 4.19. The average molecular weight is 514 g/mol. The summed E-state index contributed by atoms with van der Waals surface area (Å²) in [4.78, 5) is 7.26. The van der Waals surface area contributed by atoms with E-state index in [4.69, 9.17) is 9.73 Å². The summed E-state index contributed by atoms with van der Waals surface area (Å²) in [5.41, 5.74) is 1.20. The van der Waals surface area contributed by atoms with Crippen LogP contribution in [0.1, 0.15) is 25.3 Å². The summed E-state index contributed by atoms with van der Waals surface area (Å²) in [6, 6.07) is 13.0. The topological polar surface area (TPSA) is 48.9 Å². The average Bonchev–Trinajstić information content (AvgIpc) is 3.24. The molecule has 1 saturated heterocycles. The van der Waals surface area contributed by atoms with E-state index in [-0.39, 0.29) is 24.0 Å². The molecule has 0 unspecified atom stereocenters. The van der Waals surface area contributed by atoms with Crippen molar-refractivity contribution >= 4 is 46.3 Å². The van der Waals surface area contributed by atoms with Crippen LogP contribution < -0.4 is 20.3 Å². The van der Waals surface area contributed by atoms with E-state index in [2.05, 4.69) is 46.0 Å². The van der Waals surface area contributed by atoms with Crippen LogP contribution in [0.3, 0.4) is 0 Å². The molecule has 0 aliphatic carbocycles. The molecule has 0 bridgehead atoms. The molecule has 7 heteroatoms. The second-order valence-corrected chi connectivity index (χ2v) is 7.61. The van der Waals surface area contributed by atoms with Gasteiger partial charge in [-0.05, 0) is 55.3 Å². The number of methoxy groups -OCH3 is 1. The Bertz CT molecular complexity index is 715. The molecule has 2 heterocycles. The van der Waals surface area contributed by atoms with Crippen LogP contribution in [-0.2, 0) is 6.42 Å². The molecule has 1 aromatic heterocycles. The third kappa shape index (κ3) is 6.55. The minimum atomic E-state index is 0. The maximum atomic E-state index is 5.43. The van der Waals surface area contributed by atoms with Gasteiger partial charge in [0, 0.05) is 32.2 Å². The Labute approximate surface area is 189 Å². The van der Waals surface area contributed by atoms with E-state index >= 15 is 0 Å². The number of ether oxygens (including phenoxy) is 1. The lowest BCUT2D eigenvalue weighted by atomic mass is 10.1. The number of guanidine groups is 1. The van der Waals surface area contributed by atoms with Gasteiger partial charge in [-0.15, -0.1) is 35.3 Å². The van der Waals surface area contributed by atoms with Crippen molar-refractivity contribution < 1.29 is 4.74 Å². The highest BCUT2D eigenvalue weighted by molar-refractivity contribution is 14.0.